The van der Waals surface area contributed by atoms with Crippen molar-refractivity contribution in [2.24, 2.45) is 0 Å². The molecule has 0 aliphatic heterocycles. The number of amides is 2. The van der Waals surface area contributed by atoms with E-state index in [0.29, 0.717) is 23.2 Å². The van der Waals surface area contributed by atoms with Crippen LogP contribution in [-0.4, -0.2) is 34.5 Å². The molecule has 0 saturated carbocycles. The Morgan fingerprint density at radius 2 is 1.92 bits per heavy atom. The van der Waals surface area contributed by atoms with Crippen molar-refractivity contribution in [3.8, 4) is 11.4 Å². The SMILES string of the molecule is CC(C)NC(=O)CNC(=O)CCc1nc(-c2ccc(Cl)cc2)no1. The normalized spacial score (nSPS) is 10.7. The van der Waals surface area contributed by atoms with Crippen LogP contribution in [0.1, 0.15) is 26.2 Å². The number of hydrogen-bond acceptors (Lipinski definition) is 5. The molecule has 2 amide bonds. The average molecular weight is 351 g/mol. The summed E-state index contributed by atoms with van der Waals surface area (Å²) in [5.41, 5.74) is 0.782. The van der Waals surface area contributed by atoms with Gasteiger partial charge in [0.25, 0.3) is 0 Å². The lowest BCUT2D eigenvalue weighted by Gasteiger charge is -2.08. The molecule has 1 aromatic carbocycles. The number of rotatable bonds is 7. The molecule has 8 heteroatoms. The molecular formula is C16H19ClN4O3. The maximum Gasteiger partial charge on any atom is 0.239 e. The Kier molecular flexibility index (Phi) is 6.31. The second-order valence-electron chi connectivity index (χ2n) is 5.52. The lowest BCUT2D eigenvalue weighted by Crippen LogP contribution is -2.39. The minimum absolute atomic E-state index is 0.0408. The van der Waals surface area contributed by atoms with Crippen LogP contribution in [0.4, 0.5) is 0 Å². The van der Waals surface area contributed by atoms with Gasteiger partial charge in [0.05, 0.1) is 6.54 Å². The van der Waals surface area contributed by atoms with Gasteiger partial charge >= 0.3 is 0 Å². The first-order valence-electron chi connectivity index (χ1n) is 7.58. The topological polar surface area (TPSA) is 97.1 Å². The van der Waals surface area contributed by atoms with Crippen LogP contribution < -0.4 is 10.6 Å². The third-order valence-electron chi connectivity index (χ3n) is 3.03. The Morgan fingerprint density at radius 1 is 1.21 bits per heavy atom. The van der Waals surface area contributed by atoms with Crippen LogP contribution >= 0.6 is 11.6 Å². The van der Waals surface area contributed by atoms with Crippen molar-refractivity contribution in [2.75, 3.05) is 6.54 Å². The Morgan fingerprint density at radius 3 is 2.58 bits per heavy atom. The minimum atomic E-state index is -0.250. The molecule has 0 unspecified atom stereocenters. The van der Waals surface area contributed by atoms with E-state index in [1.54, 1.807) is 24.3 Å². The fourth-order valence-corrected chi connectivity index (χ4v) is 2.06. The predicted octanol–water partition coefficient (Wildman–Crippen LogP) is 1.96. The van der Waals surface area contributed by atoms with Gasteiger partial charge in [-0.25, -0.2) is 0 Å². The van der Waals surface area contributed by atoms with Gasteiger partial charge in [0, 0.05) is 29.5 Å². The van der Waals surface area contributed by atoms with E-state index in [4.69, 9.17) is 16.1 Å². The van der Waals surface area contributed by atoms with Crippen molar-refractivity contribution < 1.29 is 14.1 Å². The van der Waals surface area contributed by atoms with E-state index >= 15 is 0 Å². The molecule has 0 atom stereocenters. The number of aryl methyl sites for hydroxylation is 1. The van der Waals surface area contributed by atoms with Crippen molar-refractivity contribution in [2.45, 2.75) is 32.7 Å². The number of nitrogens with one attached hydrogen (secondary N) is 2. The van der Waals surface area contributed by atoms with Gasteiger partial charge in [-0.15, -0.1) is 0 Å². The zero-order valence-electron chi connectivity index (χ0n) is 13.5. The number of carbonyl (C=O) groups excluding carboxylic acids is 2. The molecule has 0 aliphatic rings. The second kappa shape index (κ2) is 8.44. The van der Waals surface area contributed by atoms with E-state index in [9.17, 15) is 9.59 Å². The molecule has 2 N–H and O–H groups in total. The summed E-state index contributed by atoms with van der Waals surface area (Å²) in [6, 6.07) is 7.10. The second-order valence-corrected chi connectivity index (χ2v) is 5.95. The summed E-state index contributed by atoms with van der Waals surface area (Å²) in [4.78, 5) is 27.4. The van der Waals surface area contributed by atoms with Crippen molar-refractivity contribution in [3.05, 3.63) is 35.2 Å². The van der Waals surface area contributed by atoms with E-state index < -0.39 is 0 Å². The number of carbonyl (C=O) groups is 2. The van der Waals surface area contributed by atoms with E-state index in [-0.39, 0.29) is 30.8 Å². The van der Waals surface area contributed by atoms with Crippen LogP contribution in [0.2, 0.25) is 5.02 Å². The van der Waals surface area contributed by atoms with E-state index in [1.165, 1.54) is 0 Å². The lowest BCUT2D eigenvalue weighted by atomic mass is 10.2. The summed E-state index contributed by atoms with van der Waals surface area (Å²) in [6.07, 6.45) is 0.468. The summed E-state index contributed by atoms with van der Waals surface area (Å²) in [5.74, 6) is 0.335. The fourth-order valence-electron chi connectivity index (χ4n) is 1.93. The monoisotopic (exact) mass is 350 g/mol. The Balaban J connectivity index is 1.79. The molecule has 2 aromatic rings. The molecule has 128 valence electrons. The molecule has 0 aliphatic carbocycles. The molecule has 0 fully saturated rings. The van der Waals surface area contributed by atoms with Gasteiger partial charge in [-0.05, 0) is 38.1 Å². The third-order valence-corrected chi connectivity index (χ3v) is 3.28. The summed E-state index contributed by atoms with van der Waals surface area (Å²) in [5, 5.41) is 9.74. The number of aromatic nitrogens is 2. The van der Waals surface area contributed by atoms with Crippen LogP contribution in [-0.2, 0) is 16.0 Å². The number of benzene rings is 1. The molecule has 7 nitrogen and oxygen atoms in total. The molecule has 0 spiro atoms. The highest BCUT2D eigenvalue weighted by atomic mass is 35.5. The van der Waals surface area contributed by atoms with Crippen molar-refractivity contribution in [3.63, 3.8) is 0 Å². The summed E-state index contributed by atoms with van der Waals surface area (Å²) >= 11 is 5.83. The Labute approximate surface area is 144 Å². The highest BCUT2D eigenvalue weighted by Gasteiger charge is 2.11. The number of halogens is 1. The lowest BCUT2D eigenvalue weighted by molar-refractivity contribution is -0.126. The maximum atomic E-state index is 11.7. The number of nitrogens with zero attached hydrogens (tertiary/aromatic N) is 2. The Bertz CT molecular complexity index is 698. The first-order chi connectivity index (χ1) is 11.4. The maximum absolute atomic E-state index is 11.7. The zero-order valence-corrected chi connectivity index (χ0v) is 14.3. The van der Waals surface area contributed by atoms with Gasteiger partial charge < -0.3 is 15.2 Å². The van der Waals surface area contributed by atoms with Crippen LogP contribution in [0.25, 0.3) is 11.4 Å². The first-order valence-corrected chi connectivity index (χ1v) is 7.96. The molecular weight excluding hydrogens is 332 g/mol. The predicted molar refractivity (Wildman–Crippen MR) is 89.4 cm³/mol. The smallest absolute Gasteiger partial charge is 0.239 e. The van der Waals surface area contributed by atoms with Crippen LogP contribution in [0.3, 0.4) is 0 Å². The van der Waals surface area contributed by atoms with Crippen LogP contribution in [0.15, 0.2) is 28.8 Å². The van der Waals surface area contributed by atoms with E-state index in [2.05, 4.69) is 20.8 Å². The first kappa shape index (κ1) is 17.9. The molecule has 0 bridgehead atoms. The van der Waals surface area contributed by atoms with Gasteiger partial charge in [0.15, 0.2) is 0 Å². The fraction of sp³-hybridized carbons (Fsp3) is 0.375. The van der Waals surface area contributed by atoms with Crippen molar-refractivity contribution >= 4 is 23.4 Å². The molecule has 1 aromatic heterocycles. The largest absolute Gasteiger partial charge is 0.352 e. The Hall–Kier alpha value is -2.41. The highest BCUT2D eigenvalue weighted by Crippen LogP contribution is 2.18. The molecule has 2 rings (SSSR count). The molecule has 0 radical (unpaired) electrons. The zero-order chi connectivity index (χ0) is 17.5. The van der Waals surface area contributed by atoms with Gasteiger partial charge in [0.1, 0.15) is 0 Å². The molecule has 0 saturated heterocycles. The average Bonchev–Trinajstić information content (AvgIpc) is 3.00. The standard InChI is InChI=1S/C16H19ClN4O3/c1-10(2)19-14(23)9-18-13(22)7-8-15-20-16(21-24-15)11-3-5-12(17)6-4-11/h3-6,10H,7-9H2,1-2H3,(H,18,22)(H,19,23). The quantitative estimate of drug-likeness (QED) is 0.795. The van der Waals surface area contributed by atoms with Gasteiger partial charge in [-0.2, -0.15) is 4.98 Å². The highest BCUT2D eigenvalue weighted by molar-refractivity contribution is 6.30. The van der Waals surface area contributed by atoms with Crippen molar-refractivity contribution in [1.29, 1.82) is 0 Å². The minimum Gasteiger partial charge on any atom is -0.352 e. The van der Waals surface area contributed by atoms with Crippen LogP contribution in [0.5, 0.6) is 0 Å². The third kappa shape index (κ3) is 5.66. The van der Waals surface area contributed by atoms with E-state index in [1.807, 2.05) is 13.8 Å². The van der Waals surface area contributed by atoms with Gasteiger partial charge in [0.2, 0.25) is 23.5 Å². The molecule has 24 heavy (non-hydrogen) atoms. The summed E-state index contributed by atoms with van der Waals surface area (Å²) in [6.45, 7) is 3.66. The van der Waals surface area contributed by atoms with Gasteiger partial charge in [-0.3, -0.25) is 9.59 Å². The number of hydrogen-bond donors (Lipinski definition) is 2. The van der Waals surface area contributed by atoms with E-state index in [0.717, 1.165) is 5.56 Å². The summed E-state index contributed by atoms with van der Waals surface area (Å²) < 4.78 is 5.12. The van der Waals surface area contributed by atoms with Crippen LogP contribution in [0, 0.1) is 0 Å². The van der Waals surface area contributed by atoms with Crippen molar-refractivity contribution in [1.82, 2.24) is 20.8 Å². The van der Waals surface area contributed by atoms with Gasteiger partial charge in [-0.1, -0.05) is 16.8 Å². The molecule has 1 heterocycles. The summed E-state index contributed by atoms with van der Waals surface area (Å²) in [7, 11) is 0.